The molecular weight excluding hydrogens is 308 g/mol. The van der Waals surface area contributed by atoms with Gasteiger partial charge in [0.25, 0.3) is 0 Å². The summed E-state index contributed by atoms with van der Waals surface area (Å²) in [6.45, 7) is 4.10. The third-order valence-corrected chi connectivity index (χ3v) is 6.30. The van der Waals surface area contributed by atoms with Crippen LogP contribution in [0.4, 0.5) is 0 Å². The lowest BCUT2D eigenvalue weighted by Gasteiger charge is -2.34. The fourth-order valence-corrected chi connectivity index (χ4v) is 5.01. The van der Waals surface area contributed by atoms with Gasteiger partial charge in [-0.05, 0) is 75.2 Å². The first-order valence-electron chi connectivity index (χ1n) is 8.96. The van der Waals surface area contributed by atoms with Crippen molar-refractivity contribution in [1.29, 1.82) is 0 Å². The van der Waals surface area contributed by atoms with Crippen LogP contribution in [0.1, 0.15) is 37.7 Å². The summed E-state index contributed by atoms with van der Waals surface area (Å²) >= 11 is 5.96. The maximum Gasteiger partial charge on any atom is 0.243 e. The summed E-state index contributed by atoms with van der Waals surface area (Å²) in [6.07, 6.45) is 6.71. The summed E-state index contributed by atoms with van der Waals surface area (Å²) in [4.78, 5) is 17.8. The Balaban J connectivity index is 1.40. The predicted molar refractivity (Wildman–Crippen MR) is 92.6 cm³/mol. The van der Waals surface area contributed by atoms with E-state index in [0.717, 1.165) is 56.9 Å². The standard InChI is InChI=1S/C19H25ClN2O/c20-17-5-3-15(4-6-17)13-16-7-12-21(14-16)18(23)19-8-1-10-22(19)11-2-9-19/h3-6,16H,1-2,7-14H2. The minimum absolute atomic E-state index is 0.130. The highest BCUT2D eigenvalue weighted by molar-refractivity contribution is 6.30. The minimum Gasteiger partial charge on any atom is -0.341 e. The Kier molecular flexibility index (Phi) is 4.10. The number of rotatable bonds is 3. The van der Waals surface area contributed by atoms with Crippen LogP contribution in [0, 0.1) is 5.92 Å². The monoisotopic (exact) mass is 332 g/mol. The van der Waals surface area contributed by atoms with Gasteiger partial charge < -0.3 is 4.90 Å². The zero-order valence-corrected chi connectivity index (χ0v) is 14.4. The smallest absolute Gasteiger partial charge is 0.243 e. The van der Waals surface area contributed by atoms with E-state index in [1.807, 2.05) is 12.1 Å². The highest BCUT2D eigenvalue weighted by Crippen LogP contribution is 2.41. The Morgan fingerprint density at radius 3 is 2.52 bits per heavy atom. The largest absolute Gasteiger partial charge is 0.341 e. The van der Waals surface area contributed by atoms with Crippen molar-refractivity contribution in [3.8, 4) is 0 Å². The third-order valence-electron chi connectivity index (χ3n) is 6.05. The quantitative estimate of drug-likeness (QED) is 0.847. The first kappa shape index (κ1) is 15.5. The zero-order chi connectivity index (χ0) is 15.9. The van der Waals surface area contributed by atoms with E-state index in [1.165, 1.54) is 18.4 Å². The van der Waals surface area contributed by atoms with Gasteiger partial charge in [-0.15, -0.1) is 0 Å². The van der Waals surface area contributed by atoms with E-state index in [2.05, 4.69) is 21.9 Å². The molecule has 23 heavy (non-hydrogen) atoms. The molecule has 4 heteroatoms. The maximum absolute atomic E-state index is 13.2. The Hall–Kier alpha value is -1.06. The van der Waals surface area contributed by atoms with Gasteiger partial charge in [-0.3, -0.25) is 9.69 Å². The van der Waals surface area contributed by atoms with Gasteiger partial charge in [0.05, 0.1) is 0 Å². The molecule has 3 aliphatic rings. The molecule has 0 N–H and O–H groups in total. The summed E-state index contributed by atoms with van der Waals surface area (Å²) in [5.41, 5.74) is 1.20. The molecule has 3 heterocycles. The zero-order valence-electron chi connectivity index (χ0n) is 13.6. The highest BCUT2D eigenvalue weighted by atomic mass is 35.5. The summed E-state index contributed by atoms with van der Waals surface area (Å²) < 4.78 is 0. The Morgan fingerprint density at radius 1 is 1.13 bits per heavy atom. The van der Waals surface area contributed by atoms with Crippen molar-refractivity contribution in [2.24, 2.45) is 5.92 Å². The molecule has 1 aromatic carbocycles. The average Bonchev–Trinajstić information content (AvgIpc) is 3.24. The molecule has 3 nitrogen and oxygen atoms in total. The minimum atomic E-state index is -0.130. The van der Waals surface area contributed by atoms with Crippen LogP contribution in [-0.2, 0) is 11.2 Å². The van der Waals surface area contributed by atoms with E-state index in [0.29, 0.717) is 11.8 Å². The molecule has 3 aliphatic heterocycles. The van der Waals surface area contributed by atoms with E-state index < -0.39 is 0 Å². The average molecular weight is 333 g/mol. The molecule has 0 aromatic heterocycles. The second-order valence-corrected chi connectivity index (χ2v) is 7.90. The Morgan fingerprint density at radius 2 is 1.83 bits per heavy atom. The fourth-order valence-electron chi connectivity index (χ4n) is 4.89. The lowest BCUT2D eigenvalue weighted by atomic mass is 9.92. The summed E-state index contributed by atoms with van der Waals surface area (Å²) in [7, 11) is 0. The Bertz CT molecular complexity index is 576. The van der Waals surface area contributed by atoms with Gasteiger partial charge in [0, 0.05) is 18.1 Å². The lowest BCUT2D eigenvalue weighted by molar-refractivity contribution is -0.140. The van der Waals surface area contributed by atoms with Crippen LogP contribution in [0.3, 0.4) is 0 Å². The normalized spacial score (nSPS) is 26.7. The maximum atomic E-state index is 13.2. The number of nitrogens with zero attached hydrogens (tertiary/aromatic N) is 2. The number of amides is 1. The van der Waals surface area contributed by atoms with Crippen molar-refractivity contribution in [1.82, 2.24) is 9.80 Å². The van der Waals surface area contributed by atoms with Crippen LogP contribution in [0.25, 0.3) is 0 Å². The number of fused-ring (bicyclic) bond motifs is 1. The first-order chi connectivity index (χ1) is 11.2. The number of halogens is 1. The number of hydrogen-bond acceptors (Lipinski definition) is 2. The topological polar surface area (TPSA) is 23.6 Å². The van der Waals surface area contributed by atoms with Crippen molar-refractivity contribution in [3.63, 3.8) is 0 Å². The molecular formula is C19H25ClN2O. The molecule has 124 valence electrons. The number of hydrogen-bond donors (Lipinski definition) is 0. The molecule has 1 amide bonds. The van der Waals surface area contributed by atoms with Crippen molar-refractivity contribution in [2.45, 2.75) is 44.1 Å². The number of benzene rings is 1. The first-order valence-corrected chi connectivity index (χ1v) is 9.34. The van der Waals surface area contributed by atoms with Gasteiger partial charge in [-0.25, -0.2) is 0 Å². The van der Waals surface area contributed by atoms with E-state index >= 15 is 0 Å². The van der Waals surface area contributed by atoms with E-state index in [-0.39, 0.29) is 5.54 Å². The second-order valence-electron chi connectivity index (χ2n) is 7.46. The van der Waals surface area contributed by atoms with Gasteiger partial charge >= 0.3 is 0 Å². The van der Waals surface area contributed by atoms with E-state index in [9.17, 15) is 4.79 Å². The van der Waals surface area contributed by atoms with E-state index in [4.69, 9.17) is 11.6 Å². The molecule has 1 atom stereocenters. The van der Waals surface area contributed by atoms with Crippen molar-refractivity contribution in [3.05, 3.63) is 34.9 Å². The van der Waals surface area contributed by atoms with Gasteiger partial charge in [0.15, 0.2) is 0 Å². The van der Waals surface area contributed by atoms with Crippen molar-refractivity contribution >= 4 is 17.5 Å². The summed E-state index contributed by atoms with van der Waals surface area (Å²) in [5, 5.41) is 0.790. The van der Waals surface area contributed by atoms with Gasteiger partial charge in [-0.2, -0.15) is 0 Å². The van der Waals surface area contributed by atoms with Crippen LogP contribution >= 0.6 is 11.6 Å². The summed E-state index contributed by atoms with van der Waals surface area (Å²) in [5.74, 6) is 1.01. The number of carbonyl (C=O) groups excluding carboxylic acids is 1. The molecule has 0 spiro atoms. The van der Waals surface area contributed by atoms with Crippen molar-refractivity contribution < 1.29 is 4.79 Å². The second kappa shape index (κ2) is 6.10. The molecule has 1 aromatic rings. The van der Waals surface area contributed by atoms with Gasteiger partial charge in [-0.1, -0.05) is 23.7 Å². The van der Waals surface area contributed by atoms with Crippen molar-refractivity contribution in [2.75, 3.05) is 26.2 Å². The fraction of sp³-hybridized carbons (Fsp3) is 0.632. The number of likely N-dealkylation sites (tertiary alicyclic amines) is 1. The number of carbonyl (C=O) groups is 1. The molecule has 3 saturated heterocycles. The Labute approximate surface area is 143 Å². The molecule has 0 aliphatic carbocycles. The highest BCUT2D eigenvalue weighted by Gasteiger charge is 2.52. The molecule has 0 radical (unpaired) electrons. The third kappa shape index (κ3) is 2.78. The van der Waals surface area contributed by atoms with Crippen LogP contribution < -0.4 is 0 Å². The summed E-state index contributed by atoms with van der Waals surface area (Å²) in [6, 6.07) is 8.15. The molecule has 4 rings (SSSR count). The van der Waals surface area contributed by atoms with Crippen LogP contribution in [0.5, 0.6) is 0 Å². The van der Waals surface area contributed by atoms with Crippen LogP contribution in [0.2, 0.25) is 5.02 Å². The predicted octanol–water partition coefficient (Wildman–Crippen LogP) is 3.36. The van der Waals surface area contributed by atoms with Gasteiger partial charge in [0.1, 0.15) is 5.54 Å². The molecule has 0 bridgehead atoms. The lowest BCUT2D eigenvalue weighted by Crippen LogP contribution is -2.52. The van der Waals surface area contributed by atoms with Gasteiger partial charge in [0.2, 0.25) is 5.91 Å². The molecule has 3 fully saturated rings. The molecule has 0 saturated carbocycles. The SMILES string of the molecule is O=C(N1CCC(Cc2ccc(Cl)cc2)C1)C12CCCN1CCC2. The molecule has 1 unspecified atom stereocenters. The van der Waals surface area contributed by atoms with Crippen LogP contribution in [-0.4, -0.2) is 47.4 Å². The van der Waals surface area contributed by atoms with E-state index in [1.54, 1.807) is 0 Å². The van der Waals surface area contributed by atoms with Crippen LogP contribution in [0.15, 0.2) is 24.3 Å².